The highest BCUT2D eigenvalue weighted by atomic mass is 16.6. The largest absolute Gasteiger partial charge is 0.443 e. The fourth-order valence-electron chi connectivity index (χ4n) is 1.93. The number of hydrogen-bond donors (Lipinski definition) is 0. The lowest BCUT2D eigenvalue weighted by Crippen LogP contribution is -2.52. The minimum Gasteiger partial charge on any atom is -0.443 e. The Morgan fingerprint density at radius 2 is 2.18 bits per heavy atom. The molecule has 0 radical (unpaired) electrons. The van der Waals surface area contributed by atoms with E-state index in [0.29, 0.717) is 13.2 Å². The molecule has 1 fully saturated rings. The van der Waals surface area contributed by atoms with E-state index in [-0.39, 0.29) is 12.1 Å². The SMILES string of the molecule is CC(C)(C)OC(=O)N1C=CN2CCOC[C@@H]2C1. The lowest BCUT2D eigenvalue weighted by molar-refractivity contribution is -0.0109. The summed E-state index contributed by atoms with van der Waals surface area (Å²) in [5.41, 5.74) is -0.453. The number of rotatable bonds is 0. The first-order chi connectivity index (χ1) is 7.96. The van der Waals surface area contributed by atoms with E-state index in [1.54, 1.807) is 11.1 Å². The van der Waals surface area contributed by atoms with Gasteiger partial charge in [0, 0.05) is 18.9 Å². The summed E-state index contributed by atoms with van der Waals surface area (Å²) in [7, 11) is 0. The van der Waals surface area contributed by atoms with Crippen molar-refractivity contribution in [3.8, 4) is 0 Å². The van der Waals surface area contributed by atoms with Gasteiger partial charge in [-0.05, 0) is 20.8 Å². The topological polar surface area (TPSA) is 42.0 Å². The summed E-state index contributed by atoms with van der Waals surface area (Å²) < 4.78 is 10.7. The van der Waals surface area contributed by atoms with Crippen molar-refractivity contribution in [3.63, 3.8) is 0 Å². The van der Waals surface area contributed by atoms with Crippen LogP contribution in [-0.2, 0) is 9.47 Å². The number of carbonyl (C=O) groups excluding carboxylic acids is 1. The first kappa shape index (κ1) is 12.2. The Balaban J connectivity index is 1.97. The average Bonchev–Trinajstić information content (AvgIpc) is 2.26. The highest BCUT2D eigenvalue weighted by Gasteiger charge is 2.30. The van der Waals surface area contributed by atoms with Crippen molar-refractivity contribution in [3.05, 3.63) is 12.4 Å². The van der Waals surface area contributed by atoms with Crippen LogP contribution in [0.5, 0.6) is 0 Å². The zero-order valence-corrected chi connectivity index (χ0v) is 10.7. The van der Waals surface area contributed by atoms with Crippen molar-refractivity contribution in [2.75, 3.05) is 26.3 Å². The molecule has 0 saturated carbocycles. The Morgan fingerprint density at radius 1 is 1.41 bits per heavy atom. The number of ether oxygens (including phenoxy) is 2. The van der Waals surface area contributed by atoms with E-state index in [2.05, 4.69) is 4.90 Å². The molecule has 1 atom stereocenters. The first-order valence-electron chi connectivity index (χ1n) is 5.97. The molecule has 2 rings (SSSR count). The second-order valence-corrected chi connectivity index (χ2v) is 5.40. The highest BCUT2D eigenvalue weighted by Crippen LogP contribution is 2.17. The summed E-state index contributed by atoms with van der Waals surface area (Å²) in [6.07, 6.45) is 3.44. The lowest BCUT2D eigenvalue weighted by atomic mass is 10.2. The lowest BCUT2D eigenvalue weighted by Gasteiger charge is -2.40. The van der Waals surface area contributed by atoms with E-state index in [1.807, 2.05) is 27.0 Å². The Kier molecular flexibility index (Phi) is 3.28. The van der Waals surface area contributed by atoms with Crippen LogP contribution in [0.2, 0.25) is 0 Å². The molecule has 0 unspecified atom stereocenters. The Labute approximate surface area is 102 Å². The maximum absolute atomic E-state index is 11.9. The Morgan fingerprint density at radius 3 is 2.88 bits per heavy atom. The Hall–Kier alpha value is -1.23. The number of fused-ring (bicyclic) bond motifs is 1. The smallest absolute Gasteiger partial charge is 0.414 e. The maximum Gasteiger partial charge on any atom is 0.414 e. The molecule has 1 saturated heterocycles. The molecular weight excluding hydrogens is 220 g/mol. The van der Waals surface area contributed by atoms with Gasteiger partial charge in [0.1, 0.15) is 5.60 Å². The molecule has 0 aliphatic carbocycles. The van der Waals surface area contributed by atoms with Crippen LogP contribution in [0.4, 0.5) is 4.79 Å². The number of nitrogens with zero attached hydrogens (tertiary/aromatic N) is 2. The molecule has 2 aliphatic rings. The molecule has 1 amide bonds. The van der Waals surface area contributed by atoms with Gasteiger partial charge >= 0.3 is 6.09 Å². The standard InChI is InChI=1S/C12H20N2O3/c1-12(2,3)17-11(15)14-5-4-13-6-7-16-9-10(13)8-14/h4-5,10H,6-9H2,1-3H3/t10-/m0/s1. The molecule has 0 bridgehead atoms. The van der Waals surface area contributed by atoms with Gasteiger partial charge in [-0.1, -0.05) is 0 Å². The second-order valence-electron chi connectivity index (χ2n) is 5.40. The van der Waals surface area contributed by atoms with E-state index in [0.717, 1.165) is 13.2 Å². The third-order valence-electron chi connectivity index (χ3n) is 2.75. The van der Waals surface area contributed by atoms with E-state index in [4.69, 9.17) is 9.47 Å². The molecule has 0 N–H and O–H groups in total. The molecule has 0 aromatic rings. The van der Waals surface area contributed by atoms with Crippen LogP contribution < -0.4 is 0 Å². The van der Waals surface area contributed by atoms with Crippen molar-refractivity contribution < 1.29 is 14.3 Å². The van der Waals surface area contributed by atoms with Gasteiger partial charge in [-0.3, -0.25) is 4.90 Å². The van der Waals surface area contributed by atoms with E-state index < -0.39 is 5.60 Å². The zero-order valence-electron chi connectivity index (χ0n) is 10.7. The third-order valence-corrected chi connectivity index (χ3v) is 2.75. The van der Waals surface area contributed by atoms with E-state index in [9.17, 15) is 4.79 Å². The van der Waals surface area contributed by atoms with Gasteiger partial charge in [-0.15, -0.1) is 0 Å². The van der Waals surface area contributed by atoms with Crippen LogP contribution in [0.3, 0.4) is 0 Å². The normalized spacial score (nSPS) is 24.5. The van der Waals surface area contributed by atoms with Crippen molar-refractivity contribution in [1.29, 1.82) is 0 Å². The molecule has 2 heterocycles. The summed E-state index contributed by atoms with van der Waals surface area (Å²) in [5, 5.41) is 0. The maximum atomic E-state index is 11.9. The quantitative estimate of drug-likeness (QED) is 0.642. The first-order valence-corrected chi connectivity index (χ1v) is 5.97. The van der Waals surface area contributed by atoms with Crippen LogP contribution in [0.15, 0.2) is 12.4 Å². The van der Waals surface area contributed by atoms with Gasteiger partial charge in [-0.2, -0.15) is 0 Å². The second kappa shape index (κ2) is 4.56. The monoisotopic (exact) mass is 240 g/mol. The van der Waals surface area contributed by atoms with E-state index >= 15 is 0 Å². The van der Waals surface area contributed by atoms with Gasteiger partial charge in [0.25, 0.3) is 0 Å². The highest BCUT2D eigenvalue weighted by molar-refractivity contribution is 5.69. The van der Waals surface area contributed by atoms with E-state index in [1.165, 1.54) is 0 Å². The zero-order chi connectivity index (χ0) is 12.5. The third kappa shape index (κ3) is 3.12. The van der Waals surface area contributed by atoms with Gasteiger partial charge in [0.05, 0.1) is 25.8 Å². The van der Waals surface area contributed by atoms with Crippen LogP contribution in [0.25, 0.3) is 0 Å². The number of morpholine rings is 1. The summed E-state index contributed by atoms with van der Waals surface area (Å²) in [5.74, 6) is 0. The van der Waals surface area contributed by atoms with Crippen molar-refractivity contribution >= 4 is 6.09 Å². The van der Waals surface area contributed by atoms with Crippen molar-refractivity contribution in [2.45, 2.75) is 32.4 Å². The van der Waals surface area contributed by atoms with Crippen LogP contribution in [0.1, 0.15) is 20.8 Å². The fourth-order valence-corrected chi connectivity index (χ4v) is 1.93. The Bertz CT molecular complexity index is 322. The van der Waals surface area contributed by atoms with Crippen LogP contribution in [-0.4, -0.2) is 53.8 Å². The molecular formula is C12H20N2O3. The summed E-state index contributed by atoms with van der Waals surface area (Å²) in [4.78, 5) is 15.7. The fraction of sp³-hybridized carbons (Fsp3) is 0.750. The molecule has 5 nitrogen and oxygen atoms in total. The number of hydrogen-bond acceptors (Lipinski definition) is 4. The molecule has 5 heteroatoms. The number of carbonyl (C=O) groups is 1. The minimum absolute atomic E-state index is 0.251. The van der Waals surface area contributed by atoms with Gasteiger partial charge < -0.3 is 14.4 Å². The predicted octanol–water partition coefficient (Wildman–Crippen LogP) is 1.41. The van der Waals surface area contributed by atoms with Gasteiger partial charge in [-0.25, -0.2) is 4.79 Å². The minimum atomic E-state index is -0.453. The summed E-state index contributed by atoms with van der Waals surface area (Å²) >= 11 is 0. The van der Waals surface area contributed by atoms with Crippen molar-refractivity contribution in [1.82, 2.24) is 9.80 Å². The summed E-state index contributed by atoms with van der Waals surface area (Å²) in [6, 6.07) is 0.251. The molecule has 2 aliphatic heterocycles. The number of amides is 1. The molecule has 0 aromatic heterocycles. The van der Waals surface area contributed by atoms with Crippen LogP contribution >= 0.6 is 0 Å². The van der Waals surface area contributed by atoms with Crippen molar-refractivity contribution in [2.24, 2.45) is 0 Å². The van der Waals surface area contributed by atoms with Gasteiger partial charge in [0.15, 0.2) is 0 Å². The molecule has 17 heavy (non-hydrogen) atoms. The molecule has 0 aromatic carbocycles. The molecule has 96 valence electrons. The van der Waals surface area contributed by atoms with Gasteiger partial charge in [0.2, 0.25) is 0 Å². The van der Waals surface area contributed by atoms with Crippen LogP contribution in [0, 0.1) is 0 Å². The predicted molar refractivity (Wildman–Crippen MR) is 63.4 cm³/mol. The average molecular weight is 240 g/mol. The summed E-state index contributed by atoms with van der Waals surface area (Å²) in [6.45, 7) is 8.56. The molecule has 0 spiro atoms.